The lowest BCUT2D eigenvalue weighted by Gasteiger charge is -2.20. The Hall–Kier alpha value is -0.620. The predicted molar refractivity (Wildman–Crippen MR) is 65.4 cm³/mol. The molecule has 0 radical (unpaired) electrons. The summed E-state index contributed by atoms with van der Waals surface area (Å²) in [5.41, 5.74) is 0.158. The first-order valence-corrected chi connectivity index (χ1v) is 7.01. The third-order valence-electron chi connectivity index (χ3n) is 1.72. The average Bonchev–Trinajstić information content (AvgIpc) is 2.27. The van der Waals surface area contributed by atoms with Crippen molar-refractivity contribution >= 4 is 35.5 Å². The van der Waals surface area contributed by atoms with Gasteiger partial charge in [0.25, 0.3) is 0 Å². The number of esters is 2. The highest BCUT2D eigenvalue weighted by molar-refractivity contribution is 8.06. The van der Waals surface area contributed by atoms with Crippen LogP contribution in [0.4, 0.5) is 0 Å². The number of hydrogen-bond donors (Lipinski definition) is 0. The summed E-state index contributed by atoms with van der Waals surface area (Å²) < 4.78 is 9.80. The Bertz CT molecular complexity index is 285. The SMILES string of the molecule is C=C(C)C(=O)OCC(=O)O[C@H]1CSCCS1. The Morgan fingerprint density at radius 1 is 1.44 bits per heavy atom. The molecule has 0 amide bonds. The molecule has 0 saturated carbocycles. The van der Waals surface area contributed by atoms with E-state index in [2.05, 4.69) is 11.3 Å². The molecule has 1 aliphatic heterocycles. The molecular formula is C10H14O4S2. The van der Waals surface area contributed by atoms with Gasteiger partial charge in [-0.05, 0) is 6.92 Å². The molecule has 1 atom stereocenters. The van der Waals surface area contributed by atoms with Crippen molar-refractivity contribution < 1.29 is 19.1 Å². The minimum absolute atomic E-state index is 0.116. The van der Waals surface area contributed by atoms with Crippen molar-refractivity contribution in [1.82, 2.24) is 0 Å². The lowest BCUT2D eigenvalue weighted by atomic mass is 10.4. The normalized spacial score (nSPS) is 19.9. The predicted octanol–water partition coefficient (Wildman–Crippen LogP) is 1.45. The van der Waals surface area contributed by atoms with Gasteiger partial charge in [-0.15, -0.1) is 11.8 Å². The number of thioether (sulfide) groups is 2. The van der Waals surface area contributed by atoms with Gasteiger partial charge in [-0.1, -0.05) is 6.58 Å². The molecule has 90 valence electrons. The van der Waals surface area contributed by atoms with Gasteiger partial charge in [-0.25, -0.2) is 9.59 Å². The van der Waals surface area contributed by atoms with Gasteiger partial charge >= 0.3 is 11.9 Å². The molecule has 0 bridgehead atoms. The second-order valence-corrected chi connectivity index (χ2v) is 5.64. The van der Waals surface area contributed by atoms with Gasteiger partial charge < -0.3 is 9.47 Å². The van der Waals surface area contributed by atoms with Crippen LogP contribution in [0.2, 0.25) is 0 Å². The molecule has 1 saturated heterocycles. The van der Waals surface area contributed by atoms with Gasteiger partial charge in [-0.3, -0.25) is 0 Å². The molecule has 0 aromatic heterocycles. The summed E-state index contributed by atoms with van der Waals surface area (Å²) in [7, 11) is 0. The smallest absolute Gasteiger partial charge is 0.345 e. The fourth-order valence-electron chi connectivity index (χ4n) is 0.962. The van der Waals surface area contributed by atoms with Crippen molar-refractivity contribution in [3.8, 4) is 0 Å². The third-order valence-corrected chi connectivity index (χ3v) is 4.29. The number of carbonyl (C=O) groups excluding carboxylic acids is 2. The number of hydrogen-bond acceptors (Lipinski definition) is 6. The van der Waals surface area contributed by atoms with E-state index < -0.39 is 11.9 Å². The first kappa shape index (κ1) is 13.4. The molecule has 0 spiro atoms. The molecular weight excluding hydrogens is 248 g/mol. The van der Waals surface area contributed by atoms with Gasteiger partial charge in [0, 0.05) is 22.8 Å². The summed E-state index contributed by atoms with van der Waals surface area (Å²) in [6, 6.07) is 0. The molecule has 1 rings (SSSR count). The lowest BCUT2D eigenvalue weighted by Crippen LogP contribution is -2.25. The number of carbonyl (C=O) groups is 2. The molecule has 0 aromatic rings. The zero-order valence-corrected chi connectivity index (χ0v) is 10.7. The van der Waals surface area contributed by atoms with Crippen LogP contribution in [0, 0.1) is 0 Å². The number of rotatable bonds is 4. The molecule has 6 heteroatoms. The maximum Gasteiger partial charge on any atom is 0.345 e. The van der Waals surface area contributed by atoms with E-state index in [1.807, 2.05) is 0 Å². The molecule has 0 aromatic carbocycles. The van der Waals surface area contributed by atoms with E-state index in [1.165, 1.54) is 6.92 Å². The fraction of sp³-hybridized carbons (Fsp3) is 0.600. The molecule has 0 unspecified atom stereocenters. The summed E-state index contributed by atoms with van der Waals surface area (Å²) in [6.07, 6.45) is 0. The number of ether oxygens (including phenoxy) is 2. The Balaban J connectivity index is 2.19. The van der Waals surface area contributed by atoms with Gasteiger partial charge in [0.2, 0.25) is 0 Å². The maximum atomic E-state index is 11.3. The van der Waals surface area contributed by atoms with Crippen LogP contribution in [0.3, 0.4) is 0 Å². The molecule has 0 N–H and O–H groups in total. The van der Waals surface area contributed by atoms with E-state index in [-0.39, 0.29) is 17.6 Å². The van der Waals surface area contributed by atoms with Gasteiger partial charge in [0.15, 0.2) is 12.0 Å². The second kappa shape index (κ2) is 6.85. The average molecular weight is 262 g/mol. The van der Waals surface area contributed by atoms with Crippen molar-refractivity contribution in [3.63, 3.8) is 0 Å². The molecule has 0 aliphatic carbocycles. The Morgan fingerprint density at radius 3 is 2.75 bits per heavy atom. The zero-order chi connectivity index (χ0) is 12.0. The van der Waals surface area contributed by atoms with Crippen LogP contribution < -0.4 is 0 Å². The molecule has 1 aliphatic rings. The van der Waals surface area contributed by atoms with Crippen molar-refractivity contribution in [2.45, 2.75) is 12.4 Å². The minimum Gasteiger partial charge on any atom is -0.450 e. The topological polar surface area (TPSA) is 52.6 Å². The highest BCUT2D eigenvalue weighted by Gasteiger charge is 2.19. The largest absolute Gasteiger partial charge is 0.450 e. The van der Waals surface area contributed by atoms with Crippen LogP contribution in [0.1, 0.15) is 6.92 Å². The third kappa shape index (κ3) is 4.94. The van der Waals surface area contributed by atoms with Gasteiger partial charge in [0.05, 0.1) is 0 Å². The van der Waals surface area contributed by atoms with E-state index in [0.29, 0.717) is 0 Å². The summed E-state index contributed by atoms with van der Waals surface area (Å²) in [6.45, 7) is 4.60. The minimum atomic E-state index is -0.567. The lowest BCUT2D eigenvalue weighted by molar-refractivity contribution is -0.157. The summed E-state index contributed by atoms with van der Waals surface area (Å²) in [5.74, 6) is 1.79. The molecule has 1 heterocycles. The summed E-state index contributed by atoms with van der Waals surface area (Å²) in [5, 5.41) is 0. The highest BCUT2D eigenvalue weighted by Crippen LogP contribution is 2.24. The van der Waals surface area contributed by atoms with Crippen molar-refractivity contribution in [1.29, 1.82) is 0 Å². The van der Waals surface area contributed by atoms with Crippen LogP contribution in [0.5, 0.6) is 0 Å². The van der Waals surface area contributed by atoms with E-state index in [1.54, 1.807) is 23.5 Å². The van der Waals surface area contributed by atoms with Crippen LogP contribution in [0.15, 0.2) is 12.2 Å². The molecule has 16 heavy (non-hydrogen) atoms. The van der Waals surface area contributed by atoms with Crippen LogP contribution in [-0.2, 0) is 19.1 Å². The molecule has 1 fully saturated rings. The Kier molecular flexibility index (Phi) is 5.76. The standard InChI is InChI=1S/C10H14O4S2/c1-7(2)10(12)13-5-8(11)14-9-6-15-3-4-16-9/h9H,1,3-6H2,2H3/t9-/m1/s1. The van der Waals surface area contributed by atoms with Crippen LogP contribution in [-0.4, -0.2) is 41.2 Å². The Labute approximate surface area is 103 Å². The van der Waals surface area contributed by atoms with Gasteiger partial charge in [0.1, 0.15) is 0 Å². The van der Waals surface area contributed by atoms with Crippen molar-refractivity contribution in [2.24, 2.45) is 0 Å². The zero-order valence-electron chi connectivity index (χ0n) is 9.06. The second-order valence-electron chi connectivity index (χ2n) is 3.22. The maximum absolute atomic E-state index is 11.3. The highest BCUT2D eigenvalue weighted by atomic mass is 32.2. The van der Waals surface area contributed by atoms with E-state index >= 15 is 0 Å². The van der Waals surface area contributed by atoms with Gasteiger partial charge in [-0.2, -0.15) is 11.8 Å². The Morgan fingerprint density at radius 2 is 2.19 bits per heavy atom. The summed E-state index contributed by atoms with van der Waals surface area (Å²) in [4.78, 5) is 22.3. The summed E-state index contributed by atoms with van der Waals surface area (Å²) >= 11 is 3.36. The molecule has 4 nitrogen and oxygen atoms in total. The first-order chi connectivity index (χ1) is 7.59. The van der Waals surface area contributed by atoms with Crippen molar-refractivity contribution in [3.05, 3.63) is 12.2 Å². The van der Waals surface area contributed by atoms with Crippen LogP contribution in [0.25, 0.3) is 0 Å². The monoisotopic (exact) mass is 262 g/mol. The van der Waals surface area contributed by atoms with Crippen LogP contribution >= 0.6 is 23.5 Å². The van der Waals surface area contributed by atoms with E-state index in [9.17, 15) is 9.59 Å². The fourth-order valence-corrected chi connectivity index (χ4v) is 3.36. The van der Waals surface area contributed by atoms with Crippen molar-refractivity contribution in [2.75, 3.05) is 23.9 Å². The van der Waals surface area contributed by atoms with E-state index in [4.69, 9.17) is 4.74 Å². The quantitative estimate of drug-likeness (QED) is 0.564. The van der Waals surface area contributed by atoms with E-state index in [0.717, 1.165) is 17.3 Å². The first-order valence-electron chi connectivity index (χ1n) is 4.81.